The van der Waals surface area contributed by atoms with Crippen LogP contribution in [0.2, 0.25) is 0 Å². The Kier molecular flexibility index (Phi) is 5.45. The van der Waals surface area contributed by atoms with Gasteiger partial charge in [-0.1, -0.05) is 36.4 Å². The number of aliphatic hydroxyl groups is 2. The van der Waals surface area contributed by atoms with Crippen LogP contribution in [0.4, 0.5) is 5.00 Å². The minimum absolute atomic E-state index is 0.129. The zero-order valence-electron chi connectivity index (χ0n) is 13.0. The van der Waals surface area contributed by atoms with E-state index in [1.54, 1.807) is 18.2 Å². The molecule has 1 atom stereocenters. The molecular weight excluding hydrogens is 426 g/mol. The van der Waals surface area contributed by atoms with E-state index in [9.17, 15) is 18.6 Å². The number of thiophene rings is 1. The van der Waals surface area contributed by atoms with Crippen LogP contribution in [0.1, 0.15) is 0 Å². The minimum Gasteiger partial charge on any atom is -0.394 e. The summed E-state index contributed by atoms with van der Waals surface area (Å²) in [6.45, 7) is -0.761. The third kappa shape index (κ3) is 3.58. The van der Waals surface area contributed by atoms with Crippen LogP contribution in [-0.2, 0) is 10.0 Å². The predicted molar refractivity (Wildman–Crippen MR) is 104 cm³/mol. The largest absolute Gasteiger partial charge is 0.394 e. The minimum atomic E-state index is -3.89. The highest BCUT2D eigenvalue weighted by molar-refractivity contribution is 9.10. The first-order chi connectivity index (χ1) is 11.9. The fraction of sp³-hybridized carbons (Fsp3) is 0.176. The smallest absolute Gasteiger partial charge is 0.265 e. The maximum absolute atomic E-state index is 13.1. The predicted octanol–water partition coefficient (Wildman–Crippen LogP) is 3.21. The molecule has 3 aromatic rings. The first-order valence-electron chi connectivity index (χ1n) is 7.49. The van der Waals surface area contributed by atoms with E-state index in [4.69, 9.17) is 0 Å². The summed E-state index contributed by atoms with van der Waals surface area (Å²) in [5.41, 5.74) is 0. The number of benzene rings is 2. The second-order valence-corrected chi connectivity index (χ2v) is 9.09. The van der Waals surface area contributed by atoms with Crippen molar-refractivity contribution in [2.75, 3.05) is 17.5 Å². The van der Waals surface area contributed by atoms with Crippen LogP contribution in [0.3, 0.4) is 0 Å². The summed E-state index contributed by atoms with van der Waals surface area (Å²) in [6.07, 6.45) is -1.18. The third-order valence-electron chi connectivity index (χ3n) is 3.66. The number of halogens is 1. The molecule has 0 unspecified atom stereocenters. The number of anilines is 1. The van der Waals surface area contributed by atoms with E-state index in [1.807, 2.05) is 24.3 Å². The molecule has 2 aromatic carbocycles. The number of hydrogen-bond donors (Lipinski definition) is 2. The summed E-state index contributed by atoms with van der Waals surface area (Å²) in [7, 11) is -3.89. The summed E-state index contributed by atoms with van der Waals surface area (Å²) >= 11 is 4.80. The highest BCUT2D eigenvalue weighted by atomic mass is 79.9. The molecule has 0 aliphatic rings. The average Bonchev–Trinajstić information content (AvgIpc) is 2.96. The van der Waals surface area contributed by atoms with Gasteiger partial charge in [-0.25, -0.2) is 8.42 Å². The van der Waals surface area contributed by atoms with E-state index in [2.05, 4.69) is 15.9 Å². The summed E-state index contributed by atoms with van der Waals surface area (Å²) < 4.78 is 29.0. The molecule has 1 heterocycles. The van der Waals surface area contributed by atoms with Gasteiger partial charge in [0.05, 0.1) is 28.6 Å². The summed E-state index contributed by atoms with van der Waals surface area (Å²) in [6, 6.07) is 15.6. The molecule has 5 nitrogen and oxygen atoms in total. The Morgan fingerprint density at radius 2 is 1.72 bits per heavy atom. The van der Waals surface area contributed by atoms with Crippen molar-refractivity contribution in [2.45, 2.75) is 11.0 Å². The lowest BCUT2D eigenvalue weighted by molar-refractivity contribution is 0.103. The zero-order valence-corrected chi connectivity index (χ0v) is 16.3. The Morgan fingerprint density at radius 3 is 2.36 bits per heavy atom. The molecule has 0 bridgehead atoms. The van der Waals surface area contributed by atoms with Gasteiger partial charge in [0.1, 0.15) is 5.00 Å². The second-order valence-electron chi connectivity index (χ2n) is 5.40. The molecule has 0 saturated carbocycles. The number of nitrogens with zero attached hydrogens (tertiary/aromatic N) is 1. The summed E-state index contributed by atoms with van der Waals surface area (Å²) in [5.74, 6) is 0. The highest BCUT2D eigenvalue weighted by Gasteiger charge is 2.30. The topological polar surface area (TPSA) is 77.8 Å². The second kappa shape index (κ2) is 7.43. The maximum atomic E-state index is 13.1. The van der Waals surface area contributed by atoms with E-state index < -0.39 is 22.7 Å². The number of hydrogen-bond acceptors (Lipinski definition) is 5. The molecule has 0 fully saturated rings. The molecule has 0 spiro atoms. The Morgan fingerprint density at radius 1 is 1.08 bits per heavy atom. The molecule has 0 amide bonds. The van der Waals surface area contributed by atoms with Gasteiger partial charge in [-0.15, -0.1) is 11.3 Å². The number of rotatable bonds is 6. The van der Waals surface area contributed by atoms with Gasteiger partial charge in [0, 0.05) is 10.1 Å². The van der Waals surface area contributed by atoms with Crippen molar-refractivity contribution in [1.82, 2.24) is 0 Å². The lowest BCUT2D eigenvalue weighted by Crippen LogP contribution is -2.38. The normalized spacial score (nSPS) is 13.1. The van der Waals surface area contributed by atoms with Gasteiger partial charge in [-0.2, -0.15) is 0 Å². The van der Waals surface area contributed by atoms with E-state index >= 15 is 0 Å². The summed E-state index contributed by atoms with van der Waals surface area (Å²) in [4.78, 5) is 0.129. The van der Waals surface area contributed by atoms with Crippen molar-refractivity contribution in [2.24, 2.45) is 0 Å². The maximum Gasteiger partial charge on any atom is 0.265 e. The Balaban J connectivity index is 2.16. The van der Waals surface area contributed by atoms with Crippen molar-refractivity contribution in [3.63, 3.8) is 0 Å². The van der Waals surface area contributed by atoms with Crippen LogP contribution in [0.5, 0.6) is 0 Å². The Bertz CT molecular complexity index is 973. The standard InChI is InChI=1S/C17H16BrNO4S2/c18-16-14-8-4-5-9-15(14)24-17(16)19(10-12(21)11-20)25(22,23)13-6-2-1-3-7-13/h1-9,12,20-21H,10-11H2/t12-/m1/s1. The van der Waals surface area contributed by atoms with Crippen molar-refractivity contribution >= 4 is 52.4 Å². The molecule has 0 radical (unpaired) electrons. The van der Waals surface area contributed by atoms with Crippen molar-refractivity contribution < 1.29 is 18.6 Å². The van der Waals surface area contributed by atoms with E-state index in [0.29, 0.717) is 9.47 Å². The third-order valence-corrected chi connectivity index (χ3v) is 7.82. The van der Waals surface area contributed by atoms with Gasteiger partial charge in [-0.05, 0) is 34.1 Å². The SMILES string of the molecule is O=S(=O)(c1ccccc1)N(C[C@@H](O)CO)c1sc2ccccc2c1Br. The van der Waals surface area contributed by atoms with Crippen LogP contribution >= 0.6 is 27.3 Å². The van der Waals surface area contributed by atoms with Gasteiger partial charge in [0.15, 0.2) is 0 Å². The molecule has 132 valence electrons. The van der Waals surface area contributed by atoms with Crippen LogP contribution < -0.4 is 4.31 Å². The van der Waals surface area contributed by atoms with Crippen LogP contribution in [-0.4, -0.2) is 37.9 Å². The molecule has 0 saturated heterocycles. The number of fused-ring (bicyclic) bond motifs is 1. The molecule has 0 aliphatic carbocycles. The van der Waals surface area contributed by atoms with E-state index in [1.165, 1.54) is 23.5 Å². The first-order valence-corrected chi connectivity index (χ1v) is 10.5. The van der Waals surface area contributed by atoms with Gasteiger partial charge >= 0.3 is 0 Å². The molecular formula is C17H16BrNO4S2. The zero-order chi connectivity index (χ0) is 18.0. The lowest BCUT2D eigenvalue weighted by Gasteiger charge is -2.25. The quantitative estimate of drug-likeness (QED) is 0.615. The molecule has 2 N–H and O–H groups in total. The first kappa shape index (κ1) is 18.3. The van der Waals surface area contributed by atoms with Crippen molar-refractivity contribution in [3.8, 4) is 0 Å². The molecule has 25 heavy (non-hydrogen) atoms. The van der Waals surface area contributed by atoms with Crippen molar-refractivity contribution in [1.29, 1.82) is 0 Å². The van der Waals surface area contributed by atoms with Gasteiger partial charge in [0.2, 0.25) is 0 Å². The molecule has 0 aliphatic heterocycles. The summed E-state index contributed by atoms with van der Waals surface area (Å²) in [5, 5.41) is 20.5. The van der Waals surface area contributed by atoms with Gasteiger partial charge in [0.25, 0.3) is 10.0 Å². The van der Waals surface area contributed by atoms with E-state index in [0.717, 1.165) is 14.4 Å². The van der Waals surface area contributed by atoms with Crippen LogP contribution in [0, 0.1) is 0 Å². The molecule has 8 heteroatoms. The Hall–Kier alpha value is -1.45. The average molecular weight is 442 g/mol. The molecule has 1 aromatic heterocycles. The van der Waals surface area contributed by atoms with E-state index in [-0.39, 0.29) is 11.4 Å². The number of sulfonamides is 1. The van der Waals surface area contributed by atoms with Crippen LogP contribution in [0.15, 0.2) is 64.0 Å². The molecule has 3 rings (SSSR count). The van der Waals surface area contributed by atoms with Crippen molar-refractivity contribution in [3.05, 3.63) is 59.1 Å². The monoisotopic (exact) mass is 441 g/mol. The fourth-order valence-electron chi connectivity index (χ4n) is 2.42. The highest BCUT2D eigenvalue weighted by Crippen LogP contribution is 2.43. The fourth-order valence-corrected chi connectivity index (χ4v) is 6.32. The van der Waals surface area contributed by atoms with Crippen LogP contribution in [0.25, 0.3) is 10.1 Å². The Labute approximate surface area is 158 Å². The van der Waals surface area contributed by atoms with Gasteiger partial charge in [-0.3, -0.25) is 4.31 Å². The number of aliphatic hydroxyl groups excluding tert-OH is 2. The van der Waals surface area contributed by atoms with Gasteiger partial charge < -0.3 is 10.2 Å². The lowest BCUT2D eigenvalue weighted by atomic mass is 10.3.